The maximum atomic E-state index is 12.3. The summed E-state index contributed by atoms with van der Waals surface area (Å²) in [6.07, 6.45) is 0. The third-order valence-electron chi connectivity index (χ3n) is 4.06. The van der Waals surface area contributed by atoms with Crippen molar-refractivity contribution in [2.75, 3.05) is 39.3 Å². The molecule has 5 nitrogen and oxygen atoms in total. The highest BCUT2D eigenvalue weighted by Gasteiger charge is 2.35. The fraction of sp³-hybridized carbons (Fsp3) is 0.467. The first-order valence-electron chi connectivity index (χ1n) is 7.02. The van der Waals surface area contributed by atoms with E-state index < -0.39 is 0 Å². The number of rotatable bonds is 2. The second-order valence-corrected chi connectivity index (χ2v) is 5.34. The van der Waals surface area contributed by atoms with Gasteiger partial charge in [-0.2, -0.15) is 5.26 Å². The minimum atomic E-state index is 0.0356. The van der Waals surface area contributed by atoms with E-state index in [-0.39, 0.29) is 5.91 Å². The van der Waals surface area contributed by atoms with Crippen molar-refractivity contribution in [1.82, 2.24) is 15.1 Å². The summed E-state index contributed by atoms with van der Waals surface area (Å²) in [5.74, 6) is 0.0356. The summed E-state index contributed by atoms with van der Waals surface area (Å²) < 4.78 is 0. The van der Waals surface area contributed by atoms with Gasteiger partial charge in [-0.1, -0.05) is 6.07 Å². The fourth-order valence-electron chi connectivity index (χ4n) is 2.80. The van der Waals surface area contributed by atoms with Crippen molar-refractivity contribution < 1.29 is 4.79 Å². The Hall–Kier alpha value is -1.90. The van der Waals surface area contributed by atoms with E-state index >= 15 is 0 Å². The predicted octanol–water partition coefficient (Wildman–Crippen LogP) is 0.288. The number of carbonyl (C=O) groups excluding carboxylic acids is 1. The van der Waals surface area contributed by atoms with Crippen LogP contribution in [0.3, 0.4) is 0 Å². The highest BCUT2D eigenvalue weighted by atomic mass is 16.2. The highest BCUT2D eigenvalue weighted by Crippen LogP contribution is 2.19. The van der Waals surface area contributed by atoms with Crippen LogP contribution in [0.4, 0.5) is 0 Å². The number of amides is 1. The van der Waals surface area contributed by atoms with Crippen molar-refractivity contribution in [3.05, 3.63) is 35.4 Å². The molecule has 2 aliphatic heterocycles. The first-order valence-corrected chi connectivity index (χ1v) is 7.02. The molecule has 0 aromatic heterocycles. The smallest absolute Gasteiger partial charge is 0.254 e. The fourth-order valence-corrected chi connectivity index (χ4v) is 2.80. The average Bonchev–Trinajstić information content (AvgIpc) is 2.47. The van der Waals surface area contributed by atoms with Gasteiger partial charge in [0.05, 0.1) is 11.6 Å². The van der Waals surface area contributed by atoms with Crippen LogP contribution >= 0.6 is 0 Å². The number of benzene rings is 1. The second-order valence-electron chi connectivity index (χ2n) is 5.34. The van der Waals surface area contributed by atoms with Gasteiger partial charge in [0, 0.05) is 50.9 Å². The molecular weight excluding hydrogens is 252 g/mol. The molecule has 2 aliphatic rings. The Kier molecular flexibility index (Phi) is 3.68. The van der Waals surface area contributed by atoms with E-state index in [1.54, 1.807) is 24.3 Å². The third-order valence-corrected chi connectivity index (χ3v) is 4.06. The van der Waals surface area contributed by atoms with Crippen molar-refractivity contribution in [3.63, 3.8) is 0 Å². The summed E-state index contributed by atoms with van der Waals surface area (Å²) in [7, 11) is 0. The van der Waals surface area contributed by atoms with Gasteiger partial charge in [-0.3, -0.25) is 9.69 Å². The minimum Gasteiger partial charge on any atom is -0.335 e. The van der Waals surface area contributed by atoms with E-state index in [9.17, 15) is 4.79 Å². The first kappa shape index (κ1) is 13.1. The summed E-state index contributed by atoms with van der Waals surface area (Å²) in [5, 5.41) is 12.2. The summed E-state index contributed by atoms with van der Waals surface area (Å²) in [4.78, 5) is 16.6. The van der Waals surface area contributed by atoms with Crippen LogP contribution in [0.5, 0.6) is 0 Å². The van der Waals surface area contributed by atoms with Gasteiger partial charge in [-0.05, 0) is 18.2 Å². The molecule has 1 aromatic carbocycles. The molecule has 0 atom stereocenters. The molecule has 0 radical (unpaired) electrons. The van der Waals surface area contributed by atoms with Crippen LogP contribution in [-0.2, 0) is 0 Å². The van der Waals surface area contributed by atoms with Gasteiger partial charge in [-0.15, -0.1) is 0 Å². The van der Waals surface area contributed by atoms with Crippen LogP contribution in [0.25, 0.3) is 0 Å². The Balaban J connectivity index is 1.59. The lowest BCUT2D eigenvalue weighted by Gasteiger charge is -2.46. The lowest BCUT2D eigenvalue weighted by atomic mass is 10.0. The standard InChI is InChI=1S/C15H18N4O/c16-9-12-2-1-3-13(8-12)15(20)19-10-14(11-19)18-6-4-17-5-7-18/h1-3,8,14,17H,4-7,10-11H2. The molecule has 0 aliphatic carbocycles. The van der Waals surface area contributed by atoms with Gasteiger partial charge in [-0.25, -0.2) is 0 Å². The van der Waals surface area contributed by atoms with Gasteiger partial charge >= 0.3 is 0 Å². The summed E-state index contributed by atoms with van der Waals surface area (Å²) in [6.45, 7) is 5.81. The molecule has 2 saturated heterocycles. The number of carbonyl (C=O) groups is 1. The van der Waals surface area contributed by atoms with Gasteiger partial charge < -0.3 is 10.2 Å². The van der Waals surface area contributed by atoms with E-state index in [4.69, 9.17) is 5.26 Å². The SMILES string of the molecule is N#Cc1cccc(C(=O)N2CC(N3CCNCC3)C2)c1. The molecule has 0 spiro atoms. The zero-order valence-corrected chi connectivity index (χ0v) is 11.4. The lowest BCUT2D eigenvalue weighted by molar-refractivity contribution is 0.0227. The number of likely N-dealkylation sites (tertiary alicyclic amines) is 1. The molecule has 1 N–H and O–H groups in total. The molecule has 20 heavy (non-hydrogen) atoms. The number of nitrogens with one attached hydrogen (secondary N) is 1. The molecule has 3 rings (SSSR count). The second kappa shape index (κ2) is 5.61. The number of nitriles is 1. The largest absolute Gasteiger partial charge is 0.335 e. The van der Waals surface area contributed by atoms with Crippen LogP contribution in [-0.4, -0.2) is 61.0 Å². The quantitative estimate of drug-likeness (QED) is 0.839. The zero-order valence-electron chi connectivity index (χ0n) is 11.4. The third kappa shape index (κ3) is 2.53. The van der Waals surface area contributed by atoms with Gasteiger partial charge in [0.1, 0.15) is 0 Å². The number of hydrogen-bond donors (Lipinski definition) is 1. The Labute approximate surface area is 118 Å². The predicted molar refractivity (Wildman–Crippen MR) is 75.3 cm³/mol. The average molecular weight is 270 g/mol. The zero-order chi connectivity index (χ0) is 13.9. The molecule has 0 saturated carbocycles. The van der Waals surface area contributed by atoms with E-state index in [2.05, 4.69) is 16.3 Å². The summed E-state index contributed by atoms with van der Waals surface area (Å²) in [6, 6.07) is 9.50. The van der Waals surface area contributed by atoms with Crippen molar-refractivity contribution in [3.8, 4) is 6.07 Å². The maximum Gasteiger partial charge on any atom is 0.254 e. The maximum absolute atomic E-state index is 12.3. The lowest BCUT2D eigenvalue weighted by Crippen LogP contribution is -2.63. The number of hydrogen-bond acceptors (Lipinski definition) is 4. The highest BCUT2D eigenvalue weighted by molar-refractivity contribution is 5.95. The first-order chi connectivity index (χ1) is 9.78. The van der Waals surface area contributed by atoms with Crippen molar-refractivity contribution in [2.24, 2.45) is 0 Å². The van der Waals surface area contributed by atoms with Crippen LogP contribution in [0.1, 0.15) is 15.9 Å². The molecular formula is C15H18N4O. The van der Waals surface area contributed by atoms with E-state index in [1.807, 2.05) is 4.90 Å². The van der Waals surface area contributed by atoms with Crippen LogP contribution in [0.2, 0.25) is 0 Å². The van der Waals surface area contributed by atoms with Gasteiger partial charge in [0.2, 0.25) is 0 Å². The molecule has 2 heterocycles. The van der Waals surface area contributed by atoms with Crippen LogP contribution in [0.15, 0.2) is 24.3 Å². The van der Waals surface area contributed by atoms with Crippen LogP contribution in [0, 0.1) is 11.3 Å². The van der Waals surface area contributed by atoms with Gasteiger partial charge in [0.25, 0.3) is 5.91 Å². The molecule has 104 valence electrons. The van der Waals surface area contributed by atoms with Gasteiger partial charge in [0.15, 0.2) is 0 Å². The monoisotopic (exact) mass is 270 g/mol. The molecule has 1 aromatic rings. The Morgan fingerprint density at radius 1 is 1.30 bits per heavy atom. The summed E-state index contributed by atoms with van der Waals surface area (Å²) >= 11 is 0. The number of nitrogens with zero attached hydrogens (tertiary/aromatic N) is 3. The number of piperazine rings is 1. The van der Waals surface area contributed by atoms with E-state index in [1.165, 1.54) is 0 Å². The van der Waals surface area contributed by atoms with Crippen molar-refractivity contribution >= 4 is 5.91 Å². The van der Waals surface area contributed by atoms with Crippen LogP contribution < -0.4 is 5.32 Å². The molecule has 5 heteroatoms. The topological polar surface area (TPSA) is 59.4 Å². The molecule has 2 fully saturated rings. The minimum absolute atomic E-state index is 0.0356. The molecule has 1 amide bonds. The normalized spacial score (nSPS) is 20.2. The van der Waals surface area contributed by atoms with Crippen molar-refractivity contribution in [1.29, 1.82) is 5.26 Å². The Morgan fingerprint density at radius 3 is 2.75 bits per heavy atom. The molecule has 0 bridgehead atoms. The Bertz CT molecular complexity index is 539. The Morgan fingerprint density at radius 2 is 2.05 bits per heavy atom. The molecule has 0 unspecified atom stereocenters. The van der Waals surface area contributed by atoms with Crippen molar-refractivity contribution in [2.45, 2.75) is 6.04 Å². The van der Waals surface area contributed by atoms with E-state index in [0.29, 0.717) is 17.2 Å². The van der Waals surface area contributed by atoms with E-state index in [0.717, 1.165) is 39.3 Å². The summed E-state index contributed by atoms with van der Waals surface area (Å²) in [5.41, 5.74) is 1.15.